The Morgan fingerprint density at radius 2 is 2.26 bits per heavy atom. The number of rotatable bonds is 4. The highest BCUT2D eigenvalue weighted by Gasteiger charge is 2.49. The van der Waals surface area contributed by atoms with Crippen LogP contribution in [0, 0.1) is 17.3 Å². The molecule has 1 saturated heterocycles. The van der Waals surface area contributed by atoms with E-state index >= 15 is 0 Å². The van der Waals surface area contributed by atoms with E-state index in [0.717, 1.165) is 17.8 Å². The van der Waals surface area contributed by atoms with E-state index in [2.05, 4.69) is 10.3 Å². The van der Waals surface area contributed by atoms with Gasteiger partial charge in [-0.3, -0.25) is 4.79 Å². The van der Waals surface area contributed by atoms with Crippen molar-refractivity contribution in [1.82, 2.24) is 15.2 Å². The number of likely N-dealkylation sites (tertiary alicyclic amines) is 1. The normalized spacial score (nSPS) is 28.5. The second-order valence-corrected chi connectivity index (χ2v) is 7.75. The average molecular weight is 337 g/mol. The van der Waals surface area contributed by atoms with Gasteiger partial charge in [0.2, 0.25) is 0 Å². The summed E-state index contributed by atoms with van der Waals surface area (Å²) in [6, 6.07) is -0.126. The van der Waals surface area contributed by atoms with Gasteiger partial charge in [-0.05, 0) is 31.6 Å². The van der Waals surface area contributed by atoms with Crippen LogP contribution in [0.15, 0.2) is 11.6 Å². The summed E-state index contributed by atoms with van der Waals surface area (Å²) in [5, 5.41) is 6.02. The summed E-state index contributed by atoms with van der Waals surface area (Å²) in [4.78, 5) is 30.8. The quantitative estimate of drug-likeness (QED) is 0.857. The highest BCUT2D eigenvalue weighted by molar-refractivity contribution is 7.09. The van der Waals surface area contributed by atoms with Crippen LogP contribution in [-0.2, 0) is 9.53 Å². The Balaban J connectivity index is 1.68. The van der Waals surface area contributed by atoms with Crippen molar-refractivity contribution >= 4 is 23.3 Å². The summed E-state index contributed by atoms with van der Waals surface area (Å²) in [6.07, 6.45) is 4.02. The number of nitrogens with one attached hydrogen (secondary N) is 1. The molecule has 1 unspecified atom stereocenters. The van der Waals surface area contributed by atoms with E-state index in [4.69, 9.17) is 4.74 Å². The maximum Gasteiger partial charge on any atom is 0.318 e. The molecule has 3 rings (SSSR count). The van der Waals surface area contributed by atoms with Gasteiger partial charge in [0.1, 0.15) is 5.01 Å². The minimum absolute atomic E-state index is 0.0113. The Labute approximate surface area is 140 Å². The third kappa shape index (κ3) is 3.06. The summed E-state index contributed by atoms with van der Waals surface area (Å²) in [7, 11) is 1.40. The molecule has 1 aliphatic carbocycles. The van der Waals surface area contributed by atoms with Gasteiger partial charge < -0.3 is 15.0 Å². The van der Waals surface area contributed by atoms with Crippen LogP contribution in [0.3, 0.4) is 0 Å². The van der Waals surface area contributed by atoms with Crippen molar-refractivity contribution in [1.29, 1.82) is 0 Å². The smallest absolute Gasteiger partial charge is 0.318 e. The summed E-state index contributed by atoms with van der Waals surface area (Å²) >= 11 is 1.57. The SMILES string of the molecule is COC(=O)[C@]1(C)CN(C(=O)NC(c2nccs2)C2CC2)C[C@H]1C. The first-order chi connectivity index (χ1) is 11.0. The van der Waals surface area contributed by atoms with Gasteiger partial charge >= 0.3 is 12.0 Å². The number of thiazole rings is 1. The molecule has 126 valence electrons. The maximum absolute atomic E-state index is 12.7. The fourth-order valence-electron chi connectivity index (χ4n) is 3.23. The molecule has 1 aliphatic heterocycles. The Bertz CT molecular complexity index is 587. The Kier molecular flexibility index (Phi) is 4.31. The van der Waals surface area contributed by atoms with Crippen LogP contribution in [-0.4, -0.2) is 42.1 Å². The zero-order valence-corrected chi connectivity index (χ0v) is 14.6. The number of carbonyl (C=O) groups is 2. The van der Waals surface area contributed by atoms with E-state index in [1.165, 1.54) is 7.11 Å². The van der Waals surface area contributed by atoms with Crippen LogP contribution in [0.1, 0.15) is 37.7 Å². The van der Waals surface area contributed by atoms with E-state index in [1.807, 2.05) is 19.2 Å². The largest absolute Gasteiger partial charge is 0.469 e. The van der Waals surface area contributed by atoms with Gasteiger partial charge in [0.25, 0.3) is 0 Å². The van der Waals surface area contributed by atoms with Crippen LogP contribution < -0.4 is 5.32 Å². The predicted octanol–water partition coefficient (Wildman–Crippen LogP) is 2.43. The number of carbonyl (C=O) groups excluding carboxylic acids is 2. The van der Waals surface area contributed by atoms with E-state index in [9.17, 15) is 9.59 Å². The summed E-state index contributed by atoms with van der Waals surface area (Å²) in [5.41, 5.74) is -0.637. The first-order valence-electron chi connectivity index (χ1n) is 7.99. The number of aromatic nitrogens is 1. The molecule has 2 amide bonds. The summed E-state index contributed by atoms with van der Waals surface area (Å²) < 4.78 is 4.92. The highest BCUT2D eigenvalue weighted by atomic mass is 32.1. The topological polar surface area (TPSA) is 71.5 Å². The van der Waals surface area contributed by atoms with Gasteiger partial charge in [-0.15, -0.1) is 11.3 Å². The molecule has 6 nitrogen and oxygen atoms in total. The standard InChI is InChI=1S/C16H23N3O3S/c1-10-8-19(9-16(10,2)14(20)22-3)15(21)18-12(11-4-5-11)13-17-6-7-23-13/h6-7,10-12H,4-5,8-9H2,1-3H3,(H,18,21)/t10-,12?,16-/m1/s1. The van der Waals surface area contributed by atoms with Crippen molar-refractivity contribution in [2.45, 2.75) is 32.7 Å². The molecule has 0 radical (unpaired) electrons. The lowest BCUT2D eigenvalue weighted by Gasteiger charge is -2.25. The molecular formula is C16H23N3O3S. The molecule has 0 aromatic carbocycles. The van der Waals surface area contributed by atoms with Gasteiger partial charge in [0, 0.05) is 24.7 Å². The maximum atomic E-state index is 12.7. The molecule has 1 aromatic rings. The third-order valence-electron chi connectivity index (χ3n) is 5.13. The van der Waals surface area contributed by atoms with Crippen molar-refractivity contribution in [3.63, 3.8) is 0 Å². The van der Waals surface area contributed by atoms with E-state index in [-0.39, 0.29) is 24.0 Å². The van der Waals surface area contributed by atoms with Gasteiger partial charge in [-0.2, -0.15) is 0 Å². The zero-order valence-electron chi connectivity index (χ0n) is 13.7. The average Bonchev–Trinajstić information content (AvgIpc) is 3.13. The highest BCUT2D eigenvalue weighted by Crippen LogP contribution is 2.42. The molecule has 1 saturated carbocycles. The number of methoxy groups -OCH3 is 1. The van der Waals surface area contributed by atoms with Gasteiger partial charge in [-0.25, -0.2) is 9.78 Å². The number of hydrogen-bond acceptors (Lipinski definition) is 5. The zero-order chi connectivity index (χ0) is 16.6. The summed E-state index contributed by atoms with van der Waals surface area (Å²) in [6.45, 7) is 4.81. The molecule has 2 heterocycles. The van der Waals surface area contributed by atoms with Crippen molar-refractivity contribution < 1.29 is 14.3 Å². The minimum atomic E-state index is -0.637. The van der Waals surface area contributed by atoms with Crippen LogP contribution in [0.2, 0.25) is 0 Å². The second-order valence-electron chi connectivity index (χ2n) is 6.83. The van der Waals surface area contributed by atoms with Crippen LogP contribution in [0.25, 0.3) is 0 Å². The molecule has 7 heteroatoms. The number of amides is 2. The second kappa shape index (κ2) is 6.11. The lowest BCUT2D eigenvalue weighted by molar-refractivity contribution is -0.152. The fourth-order valence-corrected chi connectivity index (χ4v) is 4.01. The van der Waals surface area contributed by atoms with E-state index in [0.29, 0.717) is 19.0 Å². The number of urea groups is 1. The number of nitrogens with zero attached hydrogens (tertiary/aromatic N) is 2. The van der Waals surface area contributed by atoms with Crippen molar-refractivity contribution in [3.8, 4) is 0 Å². The van der Waals surface area contributed by atoms with Crippen LogP contribution >= 0.6 is 11.3 Å². The number of hydrogen-bond donors (Lipinski definition) is 1. The molecule has 23 heavy (non-hydrogen) atoms. The lowest BCUT2D eigenvalue weighted by atomic mass is 9.81. The van der Waals surface area contributed by atoms with Crippen molar-refractivity contribution in [2.75, 3.05) is 20.2 Å². The number of esters is 1. The monoisotopic (exact) mass is 337 g/mol. The molecule has 1 N–H and O–H groups in total. The van der Waals surface area contributed by atoms with Crippen LogP contribution in [0.5, 0.6) is 0 Å². The van der Waals surface area contributed by atoms with Crippen molar-refractivity contribution in [2.24, 2.45) is 17.3 Å². The molecule has 0 spiro atoms. The predicted molar refractivity (Wildman–Crippen MR) is 87.0 cm³/mol. The molecule has 2 fully saturated rings. The van der Waals surface area contributed by atoms with Gasteiger partial charge in [0.05, 0.1) is 18.6 Å². The first kappa shape index (κ1) is 16.2. The molecule has 1 aromatic heterocycles. The van der Waals surface area contributed by atoms with Gasteiger partial charge in [0.15, 0.2) is 0 Å². The Morgan fingerprint density at radius 1 is 1.52 bits per heavy atom. The Hall–Kier alpha value is -1.63. The van der Waals surface area contributed by atoms with E-state index in [1.54, 1.807) is 22.4 Å². The minimum Gasteiger partial charge on any atom is -0.469 e. The first-order valence-corrected chi connectivity index (χ1v) is 8.87. The third-order valence-corrected chi connectivity index (χ3v) is 5.99. The molecular weight excluding hydrogens is 314 g/mol. The summed E-state index contributed by atoms with van der Waals surface area (Å²) in [5.74, 6) is 0.302. The Morgan fingerprint density at radius 3 is 2.83 bits per heavy atom. The van der Waals surface area contributed by atoms with E-state index < -0.39 is 5.41 Å². The van der Waals surface area contributed by atoms with Crippen LogP contribution in [0.4, 0.5) is 4.79 Å². The molecule has 3 atom stereocenters. The van der Waals surface area contributed by atoms with Crippen molar-refractivity contribution in [3.05, 3.63) is 16.6 Å². The molecule has 2 aliphatic rings. The van der Waals surface area contributed by atoms with Gasteiger partial charge in [-0.1, -0.05) is 6.92 Å². The fraction of sp³-hybridized carbons (Fsp3) is 0.688. The number of ether oxygens (including phenoxy) is 1. The lowest BCUT2D eigenvalue weighted by Crippen LogP contribution is -2.43. The molecule has 0 bridgehead atoms.